The first-order valence-electron chi connectivity index (χ1n) is 5.97. The topological polar surface area (TPSA) is 38.7 Å². The zero-order valence-corrected chi connectivity index (χ0v) is 12.3. The van der Waals surface area contributed by atoms with E-state index in [0.717, 1.165) is 11.3 Å². The average Bonchev–Trinajstić information content (AvgIpc) is 2.29. The molecule has 1 atom stereocenters. The predicted octanol–water partition coefficient (Wildman–Crippen LogP) is 3.13. The normalized spacial score (nSPS) is 14.6. The third-order valence-electron chi connectivity index (χ3n) is 2.19. The highest BCUT2D eigenvalue weighted by Crippen LogP contribution is 2.12. The average molecular weight is 267 g/mol. The lowest BCUT2D eigenvalue weighted by atomic mass is 10.2. The van der Waals surface area contributed by atoms with Crippen molar-refractivity contribution < 1.29 is 8.95 Å². The minimum atomic E-state index is -1.21. The molecule has 0 spiro atoms. The number of hydrogen-bond donors (Lipinski definition) is 0. The van der Waals surface area contributed by atoms with Gasteiger partial charge < -0.3 is 4.74 Å². The summed E-state index contributed by atoms with van der Waals surface area (Å²) < 4.78 is 21.1. The fourth-order valence-electron chi connectivity index (χ4n) is 1.20. The van der Waals surface area contributed by atoms with E-state index in [1.54, 1.807) is 0 Å². The van der Waals surface area contributed by atoms with Crippen molar-refractivity contribution in [2.45, 2.75) is 39.0 Å². The Hall–Kier alpha value is -1.00. The van der Waals surface area contributed by atoms with Crippen LogP contribution in [0.3, 0.4) is 0 Å². The van der Waals surface area contributed by atoms with Gasteiger partial charge in [0.15, 0.2) is 0 Å². The molecule has 0 saturated carbocycles. The molecule has 4 heteroatoms. The first kappa shape index (κ1) is 15.1. The molecule has 3 nitrogen and oxygen atoms in total. The third-order valence-corrected chi connectivity index (χ3v) is 3.71. The molecule has 0 amide bonds. The first-order chi connectivity index (χ1) is 8.39. The number of nitrogens with zero attached hydrogens (tertiary/aromatic N) is 1. The van der Waals surface area contributed by atoms with Crippen LogP contribution >= 0.6 is 0 Å². The Morgan fingerprint density at radius 1 is 1.28 bits per heavy atom. The van der Waals surface area contributed by atoms with Crippen molar-refractivity contribution >= 4 is 16.7 Å². The molecule has 1 rings (SSSR count). The van der Waals surface area contributed by atoms with E-state index in [0.29, 0.717) is 13.2 Å². The van der Waals surface area contributed by atoms with E-state index in [9.17, 15) is 4.21 Å². The molecule has 0 fully saturated rings. The molecule has 0 bridgehead atoms. The molecule has 0 aliphatic rings. The largest absolute Gasteiger partial charge is 0.371 e. The van der Waals surface area contributed by atoms with Gasteiger partial charge in [-0.15, -0.1) is 0 Å². The molecule has 0 aliphatic carbocycles. The van der Waals surface area contributed by atoms with Gasteiger partial charge in [0, 0.05) is 0 Å². The molecular formula is C14H21NO2S. The summed E-state index contributed by atoms with van der Waals surface area (Å²) in [5.74, 6) is 0. The second kappa shape index (κ2) is 6.81. The van der Waals surface area contributed by atoms with Crippen molar-refractivity contribution in [2.75, 3.05) is 6.61 Å². The predicted molar refractivity (Wildman–Crippen MR) is 77.1 cm³/mol. The second-order valence-electron chi connectivity index (χ2n) is 5.17. The summed E-state index contributed by atoms with van der Waals surface area (Å²) >= 11 is 0. The van der Waals surface area contributed by atoms with E-state index < -0.39 is 11.0 Å². The Balaban J connectivity index is 2.40. The molecule has 0 N–H and O–H groups in total. The fourth-order valence-corrected chi connectivity index (χ4v) is 1.81. The van der Waals surface area contributed by atoms with Crippen LogP contribution in [-0.2, 0) is 22.3 Å². The first-order valence-corrected chi connectivity index (χ1v) is 7.08. The molecule has 1 aromatic carbocycles. The molecule has 0 heterocycles. The Morgan fingerprint density at radius 2 is 1.89 bits per heavy atom. The molecule has 18 heavy (non-hydrogen) atoms. The van der Waals surface area contributed by atoms with Crippen LogP contribution in [0.5, 0.6) is 0 Å². The highest BCUT2D eigenvalue weighted by atomic mass is 32.2. The highest BCUT2D eigenvalue weighted by molar-refractivity contribution is 7.85. The SMILES string of the molecule is C/C(COCc1ccccc1)=N\S(=O)C(C)(C)C. The van der Waals surface area contributed by atoms with Gasteiger partial charge in [0.1, 0.15) is 11.0 Å². The standard InChI is InChI=1S/C14H21NO2S/c1-12(15-18(16)14(2,3)4)10-17-11-13-8-6-5-7-9-13/h5-9H,10-11H2,1-4H3/b15-12+. The van der Waals surface area contributed by atoms with Gasteiger partial charge in [-0.3, -0.25) is 0 Å². The number of hydrogen-bond acceptors (Lipinski definition) is 2. The molecule has 1 aromatic rings. The maximum absolute atomic E-state index is 11.8. The molecule has 1 unspecified atom stereocenters. The third kappa shape index (κ3) is 5.56. The Kier molecular flexibility index (Phi) is 5.69. The molecule has 0 aliphatic heterocycles. The summed E-state index contributed by atoms with van der Waals surface area (Å²) in [7, 11) is -1.21. The van der Waals surface area contributed by atoms with Crippen LogP contribution in [0, 0.1) is 0 Å². The van der Waals surface area contributed by atoms with E-state index in [1.807, 2.05) is 58.0 Å². The van der Waals surface area contributed by atoms with Crippen LogP contribution in [0.1, 0.15) is 33.3 Å². The summed E-state index contributed by atoms with van der Waals surface area (Å²) in [6.07, 6.45) is 0. The van der Waals surface area contributed by atoms with Crippen molar-refractivity contribution in [2.24, 2.45) is 4.40 Å². The van der Waals surface area contributed by atoms with Crippen molar-refractivity contribution in [3.63, 3.8) is 0 Å². The van der Waals surface area contributed by atoms with Crippen LogP contribution in [0.4, 0.5) is 0 Å². The van der Waals surface area contributed by atoms with Gasteiger partial charge in [-0.05, 0) is 33.3 Å². The van der Waals surface area contributed by atoms with Gasteiger partial charge in [0.25, 0.3) is 0 Å². The van der Waals surface area contributed by atoms with Crippen LogP contribution in [-0.4, -0.2) is 21.3 Å². The Morgan fingerprint density at radius 3 is 2.44 bits per heavy atom. The molecule has 100 valence electrons. The zero-order valence-electron chi connectivity index (χ0n) is 11.5. The van der Waals surface area contributed by atoms with E-state index in [-0.39, 0.29) is 4.75 Å². The van der Waals surface area contributed by atoms with Gasteiger partial charge in [-0.25, -0.2) is 4.21 Å². The lowest BCUT2D eigenvalue weighted by Crippen LogP contribution is -2.21. The number of benzene rings is 1. The number of rotatable bonds is 5. The minimum Gasteiger partial charge on any atom is -0.371 e. The Bertz CT molecular complexity index is 421. The van der Waals surface area contributed by atoms with Crippen molar-refractivity contribution in [1.82, 2.24) is 0 Å². The lowest BCUT2D eigenvalue weighted by Gasteiger charge is -2.14. The minimum absolute atomic E-state index is 0.319. The van der Waals surface area contributed by atoms with Gasteiger partial charge in [0.05, 0.1) is 23.7 Å². The fraction of sp³-hybridized carbons (Fsp3) is 0.500. The van der Waals surface area contributed by atoms with Crippen LogP contribution in [0.2, 0.25) is 0 Å². The van der Waals surface area contributed by atoms with Gasteiger partial charge >= 0.3 is 0 Å². The maximum atomic E-state index is 11.8. The van der Waals surface area contributed by atoms with E-state index in [2.05, 4.69) is 4.40 Å². The zero-order chi connectivity index (χ0) is 13.6. The van der Waals surface area contributed by atoms with E-state index in [1.165, 1.54) is 0 Å². The molecule has 0 aromatic heterocycles. The van der Waals surface area contributed by atoms with Crippen LogP contribution in [0.15, 0.2) is 34.7 Å². The molecule has 0 radical (unpaired) electrons. The molecular weight excluding hydrogens is 246 g/mol. The summed E-state index contributed by atoms with van der Waals surface area (Å²) in [6, 6.07) is 9.96. The second-order valence-corrected chi connectivity index (χ2v) is 7.07. The summed E-state index contributed by atoms with van der Waals surface area (Å²) in [4.78, 5) is 0. The smallest absolute Gasteiger partial charge is 0.144 e. The highest BCUT2D eigenvalue weighted by Gasteiger charge is 2.18. The summed E-state index contributed by atoms with van der Waals surface area (Å²) in [6.45, 7) is 8.53. The van der Waals surface area contributed by atoms with E-state index >= 15 is 0 Å². The lowest BCUT2D eigenvalue weighted by molar-refractivity contribution is 0.158. The molecule has 0 saturated heterocycles. The van der Waals surface area contributed by atoms with Crippen LogP contribution < -0.4 is 0 Å². The summed E-state index contributed by atoms with van der Waals surface area (Å²) in [5.41, 5.74) is 1.89. The number of ether oxygens (including phenoxy) is 1. The van der Waals surface area contributed by atoms with Crippen molar-refractivity contribution in [3.05, 3.63) is 35.9 Å². The quantitative estimate of drug-likeness (QED) is 0.769. The summed E-state index contributed by atoms with van der Waals surface area (Å²) in [5, 5.41) is 0. The maximum Gasteiger partial charge on any atom is 0.144 e. The van der Waals surface area contributed by atoms with Crippen molar-refractivity contribution in [3.8, 4) is 0 Å². The van der Waals surface area contributed by atoms with Crippen LogP contribution in [0.25, 0.3) is 0 Å². The van der Waals surface area contributed by atoms with Gasteiger partial charge in [0.2, 0.25) is 0 Å². The van der Waals surface area contributed by atoms with Gasteiger partial charge in [-0.2, -0.15) is 4.40 Å². The van der Waals surface area contributed by atoms with E-state index in [4.69, 9.17) is 4.74 Å². The van der Waals surface area contributed by atoms with Gasteiger partial charge in [-0.1, -0.05) is 30.3 Å². The van der Waals surface area contributed by atoms with Crippen molar-refractivity contribution in [1.29, 1.82) is 0 Å². The Labute approximate surface area is 112 Å². The monoisotopic (exact) mass is 267 g/mol.